The molecule has 2 amide bonds. The van der Waals surface area contributed by atoms with Gasteiger partial charge in [-0.15, -0.1) is 6.58 Å². The Morgan fingerprint density at radius 3 is 2.56 bits per heavy atom. The molecular formula is C32H44N2O7. The fourth-order valence-electron chi connectivity index (χ4n) is 5.18. The van der Waals surface area contributed by atoms with Gasteiger partial charge in [-0.1, -0.05) is 42.9 Å². The van der Waals surface area contributed by atoms with Crippen LogP contribution in [0.2, 0.25) is 0 Å². The van der Waals surface area contributed by atoms with Gasteiger partial charge in [0.25, 0.3) is 5.91 Å². The lowest BCUT2D eigenvalue weighted by atomic mass is 9.81. The summed E-state index contributed by atoms with van der Waals surface area (Å²) in [6.45, 7) is 8.83. The average molecular weight is 569 g/mol. The number of allylic oxidation sites excluding steroid dienone is 7. The first-order valence-electron chi connectivity index (χ1n) is 14.1. The molecule has 9 heteroatoms. The van der Waals surface area contributed by atoms with Crippen molar-refractivity contribution in [3.05, 3.63) is 71.0 Å². The number of carbonyl (C=O) groups is 4. The maximum Gasteiger partial charge on any atom is 0.404 e. The van der Waals surface area contributed by atoms with E-state index < -0.39 is 24.0 Å². The van der Waals surface area contributed by atoms with Crippen LogP contribution in [-0.2, 0) is 19.1 Å². The lowest BCUT2D eigenvalue weighted by molar-refractivity contribution is -0.120. The van der Waals surface area contributed by atoms with E-state index in [0.717, 1.165) is 5.57 Å². The Morgan fingerprint density at radius 1 is 1.20 bits per heavy atom. The van der Waals surface area contributed by atoms with E-state index in [1.165, 1.54) is 12.2 Å². The Morgan fingerprint density at radius 2 is 1.93 bits per heavy atom. The fraction of sp³-hybridized carbons (Fsp3) is 0.500. The van der Waals surface area contributed by atoms with Gasteiger partial charge in [0.05, 0.1) is 12.3 Å². The lowest BCUT2D eigenvalue weighted by Crippen LogP contribution is -2.33. The van der Waals surface area contributed by atoms with Gasteiger partial charge in [-0.3, -0.25) is 14.4 Å². The van der Waals surface area contributed by atoms with Crippen molar-refractivity contribution < 1.29 is 34.1 Å². The number of aliphatic hydroxyl groups excluding tert-OH is 2. The normalized spacial score (nSPS) is 28.8. The van der Waals surface area contributed by atoms with Gasteiger partial charge < -0.3 is 26.0 Å². The fourth-order valence-corrected chi connectivity index (χ4v) is 5.18. The number of nitrogens with one attached hydrogen (secondary N) is 1. The number of nitrogens with two attached hydrogens (primary N) is 1. The summed E-state index contributed by atoms with van der Waals surface area (Å²) in [5.74, 6) is -1.86. The summed E-state index contributed by atoms with van der Waals surface area (Å²) in [4.78, 5) is 51.1. The molecule has 0 unspecified atom stereocenters. The summed E-state index contributed by atoms with van der Waals surface area (Å²) in [5, 5.41) is 22.6. The minimum Gasteiger partial charge on any atom is -0.445 e. The minimum atomic E-state index is -0.953. The second-order valence-electron chi connectivity index (χ2n) is 11.0. The van der Waals surface area contributed by atoms with E-state index >= 15 is 0 Å². The number of carbonyl (C=O) groups excluding carboxylic acids is 4. The zero-order valence-corrected chi connectivity index (χ0v) is 24.4. The van der Waals surface area contributed by atoms with Gasteiger partial charge in [0, 0.05) is 41.7 Å². The van der Waals surface area contributed by atoms with Gasteiger partial charge in [0.2, 0.25) is 5.78 Å². The van der Waals surface area contributed by atoms with Crippen LogP contribution in [0.15, 0.2) is 71.0 Å². The van der Waals surface area contributed by atoms with Crippen LogP contribution in [-0.4, -0.2) is 53.1 Å². The molecule has 1 heterocycles. The summed E-state index contributed by atoms with van der Waals surface area (Å²) in [7, 11) is 0. The standard InChI is InChI=1S/C32H44N2O7/c1-5-6-13-25-26-15-21(3)14-23(18-35)11-7-9-20(2)16-29(41-32(33)40)24(19-36)12-8-10-22(4)31(39)34-27(30(26)38)17-28(25)37/h5,8-10,12,17,21,23-24,29,35-36H,1,6-7,11,13-16,18-19H2,2-4H3,(H2,33,40)(H,34,39)/b12-8-,20-9+,22-10+/t21-,23+,24+,29-/m0/s1. The van der Waals surface area contributed by atoms with Crippen molar-refractivity contribution in [2.75, 3.05) is 13.2 Å². The van der Waals surface area contributed by atoms with Gasteiger partial charge in [0.15, 0.2) is 5.78 Å². The predicted octanol–water partition coefficient (Wildman–Crippen LogP) is 4.13. The number of fused-ring (bicyclic) bond motifs is 2. The molecule has 1 aliphatic heterocycles. The number of ketones is 2. The van der Waals surface area contributed by atoms with E-state index in [9.17, 15) is 29.4 Å². The zero-order valence-electron chi connectivity index (χ0n) is 24.4. The number of rotatable bonds is 6. The average Bonchev–Trinajstić information content (AvgIpc) is 2.91. The van der Waals surface area contributed by atoms with Crippen LogP contribution in [0.1, 0.15) is 65.7 Å². The maximum atomic E-state index is 13.5. The molecular weight excluding hydrogens is 524 g/mol. The third kappa shape index (κ3) is 10.4. The molecule has 0 saturated carbocycles. The third-order valence-electron chi connectivity index (χ3n) is 7.46. The molecule has 1 aliphatic carbocycles. The Hall–Kier alpha value is -3.56. The van der Waals surface area contributed by atoms with Crippen LogP contribution in [0.25, 0.3) is 0 Å². The summed E-state index contributed by atoms with van der Waals surface area (Å²) >= 11 is 0. The van der Waals surface area contributed by atoms with Crippen molar-refractivity contribution in [2.24, 2.45) is 23.5 Å². The quantitative estimate of drug-likeness (QED) is 0.277. The molecule has 4 atom stereocenters. The van der Waals surface area contributed by atoms with Gasteiger partial charge >= 0.3 is 6.09 Å². The number of hydrogen-bond acceptors (Lipinski definition) is 7. The van der Waals surface area contributed by atoms with Crippen LogP contribution in [0.4, 0.5) is 4.79 Å². The van der Waals surface area contributed by atoms with Crippen LogP contribution >= 0.6 is 0 Å². The molecule has 0 saturated heterocycles. The summed E-state index contributed by atoms with van der Waals surface area (Å²) < 4.78 is 5.30. The van der Waals surface area contributed by atoms with Gasteiger partial charge in [-0.2, -0.15) is 0 Å². The second kappa shape index (κ2) is 16.6. The minimum absolute atomic E-state index is 0.00576. The Balaban J connectivity index is 2.48. The van der Waals surface area contributed by atoms with Crippen molar-refractivity contribution in [2.45, 2.75) is 71.8 Å². The third-order valence-corrected chi connectivity index (χ3v) is 7.46. The van der Waals surface area contributed by atoms with E-state index in [1.54, 1.807) is 25.2 Å². The number of hydrogen-bond donors (Lipinski definition) is 4. The summed E-state index contributed by atoms with van der Waals surface area (Å²) in [5.41, 5.74) is 7.26. The lowest BCUT2D eigenvalue weighted by Gasteiger charge is -2.24. The van der Waals surface area contributed by atoms with E-state index in [2.05, 4.69) is 11.9 Å². The van der Waals surface area contributed by atoms with Crippen molar-refractivity contribution >= 4 is 23.6 Å². The highest BCUT2D eigenvalue weighted by atomic mass is 16.6. The molecule has 41 heavy (non-hydrogen) atoms. The molecule has 2 bridgehead atoms. The first-order valence-corrected chi connectivity index (χ1v) is 14.1. The topological polar surface area (TPSA) is 156 Å². The SMILES string of the molecule is C=CCCC1=C2C[C@@H](C)C[C@H](CO)CC/C=C(\C)C[C@H](OC(N)=O)[C@@H](CO)/C=C\C=C(/C)C(=O)NC(=CC1=O)C2=O. The van der Waals surface area contributed by atoms with E-state index in [1.807, 2.05) is 19.9 Å². The summed E-state index contributed by atoms with van der Waals surface area (Å²) in [6, 6.07) is 0. The molecule has 0 aromatic carbocycles. The molecule has 0 radical (unpaired) electrons. The molecule has 9 nitrogen and oxygen atoms in total. The predicted molar refractivity (Wildman–Crippen MR) is 157 cm³/mol. The van der Waals surface area contributed by atoms with Crippen LogP contribution in [0.5, 0.6) is 0 Å². The van der Waals surface area contributed by atoms with Crippen molar-refractivity contribution in [1.29, 1.82) is 0 Å². The first-order chi connectivity index (χ1) is 19.5. The molecule has 0 aromatic rings. The van der Waals surface area contributed by atoms with E-state index in [-0.39, 0.29) is 47.9 Å². The molecule has 224 valence electrons. The largest absolute Gasteiger partial charge is 0.445 e. The van der Waals surface area contributed by atoms with Crippen LogP contribution in [0, 0.1) is 17.8 Å². The Bertz CT molecular complexity index is 1160. The molecule has 0 fully saturated rings. The van der Waals surface area contributed by atoms with Crippen LogP contribution < -0.4 is 11.1 Å². The molecule has 2 rings (SSSR count). The Labute approximate surface area is 242 Å². The number of amides is 2. The monoisotopic (exact) mass is 568 g/mol. The highest BCUT2D eigenvalue weighted by molar-refractivity contribution is 6.23. The van der Waals surface area contributed by atoms with Crippen molar-refractivity contribution in [3.8, 4) is 0 Å². The zero-order chi connectivity index (χ0) is 30.5. The number of ether oxygens (including phenoxy) is 1. The first kappa shape index (κ1) is 33.6. The number of Topliss-reactive ketones (excluding diaryl/α,β-unsaturated/α-hetero) is 1. The molecule has 2 aliphatic rings. The molecule has 5 N–H and O–H groups in total. The van der Waals surface area contributed by atoms with Crippen LogP contribution in [0.3, 0.4) is 0 Å². The highest BCUT2D eigenvalue weighted by Crippen LogP contribution is 2.31. The highest BCUT2D eigenvalue weighted by Gasteiger charge is 2.30. The summed E-state index contributed by atoms with van der Waals surface area (Å²) in [6.07, 6.45) is 11.6. The molecule has 0 spiro atoms. The van der Waals surface area contributed by atoms with Gasteiger partial charge in [-0.05, 0) is 64.2 Å². The van der Waals surface area contributed by atoms with Gasteiger partial charge in [0.1, 0.15) is 6.10 Å². The number of aliphatic hydroxyl groups is 2. The Kier molecular flexibility index (Phi) is 13.7. The van der Waals surface area contributed by atoms with Crippen molar-refractivity contribution in [3.63, 3.8) is 0 Å². The second-order valence-corrected chi connectivity index (χ2v) is 11.0. The smallest absolute Gasteiger partial charge is 0.404 e. The van der Waals surface area contributed by atoms with E-state index in [0.29, 0.717) is 56.1 Å². The van der Waals surface area contributed by atoms with Crippen molar-refractivity contribution in [1.82, 2.24) is 5.32 Å². The van der Waals surface area contributed by atoms with Gasteiger partial charge in [-0.25, -0.2) is 4.79 Å². The maximum absolute atomic E-state index is 13.5. The molecule has 0 aromatic heterocycles. The number of primary amides is 1. The van der Waals surface area contributed by atoms with E-state index in [4.69, 9.17) is 10.5 Å².